The van der Waals surface area contributed by atoms with Gasteiger partial charge in [-0.15, -0.1) is 0 Å². The van der Waals surface area contributed by atoms with Crippen LogP contribution in [0.1, 0.15) is 79.6 Å². The van der Waals surface area contributed by atoms with Gasteiger partial charge in [0, 0.05) is 0 Å². The van der Waals surface area contributed by atoms with Crippen molar-refractivity contribution in [2.24, 2.45) is 34.0 Å². The zero-order chi connectivity index (χ0) is 14.8. The van der Waals surface area contributed by atoms with Crippen molar-refractivity contribution in [1.82, 2.24) is 0 Å². The Morgan fingerprint density at radius 3 is 2.35 bits per heavy atom. The van der Waals surface area contributed by atoms with E-state index in [2.05, 4.69) is 34.6 Å². The molecule has 0 spiro atoms. The topological polar surface area (TPSA) is 20.2 Å². The molecule has 3 rings (SSSR count). The molecule has 0 aliphatic heterocycles. The summed E-state index contributed by atoms with van der Waals surface area (Å²) in [5, 5.41) is 10.8. The van der Waals surface area contributed by atoms with E-state index in [1.807, 2.05) is 0 Å². The number of rotatable bonds is 0. The summed E-state index contributed by atoms with van der Waals surface area (Å²) in [4.78, 5) is 0. The summed E-state index contributed by atoms with van der Waals surface area (Å²) >= 11 is 0. The van der Waals surface area contributed by atoms with E-state index in [1.165, 1.54) is 38.5 Å². The van der Waals surface area contributed by atoms with Crippen molar-refractivity contribution >= 4 is 0 Å². The van der Waals surface area contributed by atoms with Crippen LogP contribution in [0.25, 0.3) is 0 Å². The van der Waals surface area contributed by atoms with E-state index in [9.17, 15) is 5.11 Å². The lowest BCUT2D eigenvalue weighted by molar-refractivity contribution is -0.166. The molecule has 0 radical (unpaired) electrons. The molecule has 0 aromatic heterocycles. The fourth-order valence-electron chi connectivity index (χ4n) is 6.48. The maximum absolute atomic E-state index is 10.8. The highest BCUT2D eigenvalue weighted by Crippen LogP contribution is 2.65. The second kappa shape index (κ2) is 4.48. The molecule has 1 N–H and O–H groups in total. The predicted octanol–water partition coefficient (Wildman–Crippen LogP) is 5.03. The van der Waals surface area contributed by atoms with Crippen LogP contribution in [0.4, 0.5) is 0 Å². The Kier molecular flexibility index (Phi) is 3.33. The highest BCUT2D eigenvalue weighted by Gasteiger charge is 2.58. The van der Waals surface area contributed by atoms with E-state index in [-0.39, 0.29) is 6.10 Å². The molecule has 3 fully saturated rings. The molecule has 0 aromatic carbocycles. The molecule has 1 nitrogen and oxygen atoms in total. The third kappa shape index (κ3) is 2.16. The summed E-state index contributed by atoms with van der Waals surface area (Å²) in [6.45, 7) is 12.3. The van der Waals surface area contributed by atoms with Crippen LogP contribution in [-0.4, -0.2) is 11.2 Å². The molecular weight excluding hydrogens is 244 g/mol. The van der Waals surface area contributed by atoms with E-state index in [0.717, 1.165) is 18.3 Å². The van der Waals surface area contributed by atoms with Gasteiger partial charge in [-0.25, -0.2) is 0 Å². The average Bonchev–Trinajstić information content (AvgIpc) is 2.31. The van der Waals surface area contributed by atoms with E-state index >= 15 is 0 Å². The first kappa shape index (κ1) is 14.9. The van der Waals surface area contributed by atoms with Crippen LogP contribution in [0.2, 0.25) is 0 Å². The quantitative estimate of drug-likeness (QED) is 0.659. The Morgan fingerprint density at radius 2 is 1.65 bits per heavy atom. The van der Waals surface area contributed by atoms with Gasteiger partial charge < -0.3 is 5.11 Å². The molecule has 116 valence electrons. The first-order valence-corrected chi connectivity index (χ1v) is 8.84. The summed E-state index contributed by atoms with van der Waals surface area (Å²) in [5.41, 5.74) is 1.35. The van der Waals surface area contributed by atoms with Gasteiger partial charge in [0.05, 0.1) is 6.10 Å². The molecular formula is C19H34O. The summed E-state index contributed by atoms with van der Waals surface area (Å²) in [6, 6.07) is 0. The van der Waals surface area contributed by atoms with Crippen LogP contribution in [0.3, 0.4) is 0 Å². The number of hydrogen-bond acceptors (Lipinski definition) is 1. The van der Waals surface area contributed by atoms with Gasteiger partial charge in [-0.1, -0.05) is 41.0 Å². The Hall–Kier alpha value is -0.0400. The smallest absolute Gasteiger partial charge is 0.0574 e. The zero-order valence-electron chi connectivity index (χ0n) is 14.2. The number of aliphatic hydroxyl groups excluding tert-OH is 1. The molecule has 0 bridgehead atoms. The first-order valence-electron chi connectivity index (χ1n) is 8.84. The van der Waals surface area contributed by atoms with Crippen LogP contribution in [0.15, 0.2) is 0 Å². The van der Waals surface area contributed by atoms with Crippen molar-refractivity contribution in [2.75, 3.05) is 0 Å². The molecule has 0 aromatic rings. The number of fused-ring (bicyclic) bond motifs is 3. The van der Waals surface area contributed by atoms with E-state index < -0.39 is 0 Å². The molecule has 0 saturated heterocycles. The zero-order valence-corrected chi connectivity index (χ0v) is 14.2. The van der Waals surface area contributed by atoms with Gasteiger partial charge in [-0.05, 0) is 72.5 Å². The summed E-state index contributed by atoms with van der Waals surface area (Å²) < 4.78 is 0. The summed E-state index contributed by atoms with van der Waals surface area (Å²) in [6.07, 6.45) is 9.08. The lowest BCUT2D eigenvalue weighted by Crippen LogP contribution is -2.57. The molecule has 0 heterocycles. The van der Waals surface area contributed by atoms with Gasteiger partial charge in [0.15, 0.2) is 0 Å². The Labute approximate surface area is 125 Å². The summed E-state index contributed by atoms with van der Waals surface area (Å²) in [5.74, 6) is 2.05. The molecule has 3 aliphatic carbocycles. The van der Waals surface area contributed by atoms with Crippen LogP contribution in [0, 0.1) is 34.0 Å². The molecule has 20 heavy (non-hydrogen) atoms. The second-order valence-corrected chi connectivity index (χ2v) is 9.88. The van der Waals surface area contributed by atoms with Gasteiger partial charge in [0.1, 0.15) is 0 Å². The molecule has 0 amide bonds. The predicted molar refractivity (Wildman–Crippen MR) is 84.5 cm³/mol. The largest absolute Gasteiger partial charge is 0.393 e. The summed E-state index contributed by atoms with van der Waals surface area (Å²) in [7, 11) is 0. The van der Waals surface area contributed by atoms with Gasteiger partial charge in [-0.2, -0.15) is 0 Å². The maximum atomic E-state index is 10.8. The molecule has 3 saturated carbocycles. The fourth-order valence-corrected chi connectivity index (χ4v) is 6.48. The van der Waals surface area contributed by atoms with Gasteiger partial charge in [0.25, 0.3) is 0 Å². The maximum Gasteiger partial charge on any atom is 0.0574 e. The minimum absolute atomic E-state index is 0.0463. The van der Waals surface area contributed by atoms with Crippen molar-refractivity contribution in [3.63, 3.8) is 0 Å². The van der Waals surface area contributed by atoms with Crippen molar-refractivity contribution in [1.29, 1.82) is 0 Å². The third-order valence-corrected chi connectivity index (χ3v) is 7.53. The van der Waals surface area contributed by atoms with Crippen LogP contribution < -0.4 is 0 Å². The molecule has 1 heteroatoms. The van der Waals surface area contributed by atoms with Crippen molar-refractivity contribution in [3.05, 3.63) is 0 Å². The van der Waals surface area contributed by atoms with Gasteiger partial charge in [0.2, 0.25) is 0 Å². The number of hydrogen-bond donors (Lipinski definition) is 1. The number of aliphatic hydroxyl groups is 1. The van der Waals surface area contributed by atoms with E-state index in [0.29, 0.717) is 22.2 Å². The van der Waals surface area contributed by atoms with E-state index in [1.54, 1.807) is 0 Å². The lowest BCUT2D eigenvalue weighted by atomic mass is 9.43. The van der Waals surface area contributed by atoms with Crippen LogP contribution >= 0.6 is 0 Å². The van der Waals surface area contributed by atoms with Crippen LogP contribution in [-0.2, 0) is 0 Å². The fraction of sp³-hybridized carbons (Fsp3) is 1.00. The Balaban J connectivity index is 1.93. The van der Waals surface area contributed by atoms with E-state index in [4.69, 9.17) is 0 Å². The van der Waals surface area contributed by atoms with Gasteiger partial charge >= 0.3 is 0 Å². The highest BCUT2D eigenvalue weighted by atomic mass is 16.3. The second-order valence-electron chi connectivity index (χ2n) is 9.88. The van der Waals surface area contributed by atoms with Crippen LogP contribution in [0.5, 0.6) is 0 Å². The minimum atomic E-state index is -0.0463. The average molecular weight is 278 g/mol. The van der Waals surface area contributed by atoms with Gasteiger partial charge in [-0.3, -0.25) is 0 Å². The third-order valence-electron chi connectivity index (χ3n) is 7.53. The molecule has 0 unspecified atom stereocenters. The lowest BCUT2D eigenvalue weighted by Gasteiger charge is -2.63. The van der Waals surface area contributed by atoms with Crippen molar-refractivity contribution in [3.8, 4) is 0 Å². The van der Waals surface area contributed by atoms with Crippen molar-refractivity contribution < 1.29 is 5.11 Å². The first-order chi connectivity index (χ1) is 9.16. The highest BCUT2D eigenvalue weighted by molar-refractivity contribution is 5.07. The van der Waals surface area contributed by atoms with Crippen molar-refractivity contribution in [2.45, 2.75) is 85.7 Å². The Morgan fingerprint density at radius 1 is 0.950 bits per heavy atom. The standard InChI is InChI=1S/C19H34O/c1-17(2)10-7-14-13(12-17)15(20)11-16-18(3,4)8-6-9-19(14,16)5/h13-16,20H,6-12H2,1-5H3/t13-,14-,15-,16-,19+/m0/s1. The normalized spacial score (nSPS) is 50.1. The SMILES string of the molecule is CC1(C)CC[C@H]2[C@H](C1)[C@@H](O)C[C@H]1C(C)(C)CCC[C@]21C. The minimum Gasteiger partial charge on any atom is -0.393 e. The molecule has 3 aliphatic rings. The Bertz CT molecular complexity index is 383. The monoisotopic (exact) mass is 278 g/mol. The molecule has 5 atom stereocenters.